The van der Waals surface area contributed by atoms with Crippen molar-refractivity contribution in [1.29, 1.82) is 0 Å². The topological polar surface area (TPSA) is 76.1 Å². The Morgan fingerprint density at radius 3 is 2.48 bits per heavy atom. The van der Waals surface area contributed by atoms with Crippen molar-refractivity contribution >= 4 is 12.1 Å². The lowest BCUT2D eigenvalue weighted by Gasteiger charge is -2.59. The Balaban J connectivity index is 1.73. The van der Waals surface area contributed by atoms with E-state index in [1.165, 1.54) is 0 Å². The zero-order valence-corrected chi connectivity index (χ0v) is 19.6. The van der Waals surface area contributed by atoms with Crippen molar-refractivity contribution < 1.29 is 24.2 Å². The highest BCUT2D eigenvalue weighted by Gasteiger charge is 2.71. The molecule has 4 unspecified atom stereocenters. The zero-order chi connectivity index (χ0) is 23.6. The molecule has 1 N–H and O–H groups in total. The molecule has 6 nitrogen and oxygen atoms in total. The molecule has 1 heterocycles. The number of likely N-dealkylation sites (tertiary alicyclic amines) is 1. The first-order valence-electron chi connectivity index (χ1n) is 11.6. The minimum absolute atomic E-state index is 0.159. The van der Waals surface area contributed by atoms with Gasteiger partial charge in [-0.25, -0.2) is 4.79 Å². The molecule has 3 aliphatic carbocycles. The van der Waals surface area contributed by atoms with E-state index in [2.05, 4.69) is 18.2 Å². The van der Waals surface area contributed by atoms with E-state index in [0.717, 1.165) is 35.3 Å². The lowest BCUT2D eigenvalue weighted by atomic mass is 9.42. The summed E-state index contributed by atoms with van der Waals surface area (Å²) >= 11 is 0. The number of carboxylic acids is 1. The van der Waals surface area contributed by atoms with Gasteiger partial charge in [0.25, 0.3) is 0 Å². The summed E-state index contributed by atoms with van der Waals surface area (Å²) in [6.45, 7) is 6.00. The SMILES string of the molecule is COc1ccc2c(c1)C1(c3ccccc3)CCC2C2(C(=O)O)CN(C(=O)OC(C)(C)C)CC12. The molecule has 1 saturated heterocycles. The van der Waals surface area contributed by atoms with Gasteiger partial charge in [-0.15, -0.1) is 0 Å². The van der Waals surface area contributed by atoms with Crippen LogP contribution in [0.5, 0.6) is 5.75 Å². The molecular formula is C27H31NO5. The number of hydrogen-bond donors (Lipinski definition) is 1. The van der Waals surface area contributed by atoms with Gasteiger partial charge in [-0.05, 0) is 62.4 Å². The van der Waals surface area contributed by atoms with Crippen LogP contribution in [0.3, 0.4) is 0 Å². The van der Waals surface area contributed by atoms with Gasteiger partial charge in [0.15, 0.2) is 0 Å². The average molecular weight is 450 g/mol. The smallest absolute Gasteiger partial charge is 0.410 e. The van der Waals surface area contributed by atoms with Crippen molar-refractivity contribution in [3.8, 4) is 5.75 Å². The predicted octanol–water partition coefficient (Wildman–Crippen LogP) is 4.81. The molecule has 0 aromatic heterocycles. The third-order valence-electron chi connectivity index (χ3n) is 7.98. The number of carbonyl (C=O) groups excluding carboxylic acids is 1. The molecule has 1 amide bonds. The molecule has 33 heavy (non-hydrogen) atoms. The van der Waals surface area contributed by atoms with Gasteiger partial charge < -0.3 is 19.5 Å². The van der Waals surface area contributed by atoms with E-state index in [-0.39, 0.29) is 18.4 Å². The predicted molar refractivity (Wildman–Crippen MR) is 124 cm³/mol. The summed E-state index contributed by atoms with van der Waals surface area (Å²) in [6, 6.07) is 16.2. The maximum Gasteiger partial charge on any atom is 0.410 e. The van der Waals surface area contributed by atoms with Crippen molar-refractivity contribution in [1.82, 2.24) is 4.90 Å². The molecular weight excluding hydrogens is 418 g/mol. The van der Waals surface area contributed by atoms with Crippen molar-refractivity contribution in [3.63, 3.8) is 0 Å². The molecule has 4 atom stereocenters. The third kappa shape index (κ3) is 2.99. The number of ether oxygens (including phenoxy) is 2. The number of benzene rings is 2. The first-order chi connectivity index (χ1) is 15.6. The van der Waals surface area contributed by atoms with Gasteiger partial charge in [-0.1, -0.05) is 36.4 Å². The monoisotopic (exact) mass is 449 g/mol. The van der Waals surface area contributed by atoms with E-state index in [1.807, 2.05) is 51.1 Å². The number of fused-ring (bicyclic) bond motifs is 1. The van der Waals surface area contributed by atoms with Crippen molar-refractivity contribution in [2.45, 2.75) is 50.5 Å². The Labute approximate surface area is 194 Å². The van der Waals surface area contributed by atoms with Gasteiger partial charge in [-0.2, -0.15) is 0 Å². The molecule has 174 valence electrons. The van der Waals surface area contributed by atoms with Crippen LogP contribution >= 0.6 is 0 Å². The number of carboxylic acid groups (broad SMARTS) is 1. The highest BCUT2D eigenvalue weighted by Crippen LogP contribution is 2.69. The molecule has 2 aromatic rings. The molecule has 4 aliphatic rings. The van der Waals surface area contributed by atoms with Gasteiger partial charge >= 0.3 is 12.1 Å². The van der Waals surface area contributed by atoms with Crippen LogP contribution in [0.4, 0.5) is 4.79 Å². The van der Waals surface area contributed by atoms with Crippen molar-refractivity contribution in [2.24, 2.45) is 11.3 Å². The quantitative estimate of drug-likeness (QED) is 0.728. The molecule has 0 spiro atoms. The second-order valence-corrected chi connectivity index (χ2v) is 10.6. The minimum Gasteiger partial charge on any atom is -0.497 e. The standard InChI is InChI=1S/C27H31NO5/c1-25(2,3)33-24(31)28-15-22-26(17-8-6-5-7-9-17)13-12-20(27(22,16-28)23(29)30)19-11-10-18(32-4)14-21(19)26/h5-11,14,20,22H,12-13,15-16H2,1-4H3,(H,29,30). The third-order valence-corrected chi connectivity index (χ3v) is 7.98. The van der Waals surface area contributed by atoms with E-state index >= 15 is 0 Å². The number of amides is 1. The van der Waals surface area contributed by atoms with Crippen LogP contribution in [-0.2, 0) is 14.9 Å². The number of methoxy groups -OCH3 is 1. The van der Waals surface area contributed by atoms with Crippen LogP contribution in [0, 0.1) is 11.3 Å². The lowest BCUT2D eigenvalue weighted by Crippen LogP contribution is -2.60. The Morgan fingerprint density at radius 1 is 1.12 bits per heavy atom. The summed E-state index contributed by atoms with van der Waals surface area (Å²) in [7, 11) is 1.65. The summed E-state index contributed by atoms with van der Waals surface area (Å²) in [6.07, 6.45) is 1.16. The van der Waals surface area contributed by atoms with Gasteiger partial charge in [0.2, 0.25) is 0 Å². The maximum absolute atomic E-state index is 13.1. The molecule has 2 bridgehead atoms. The summed E-state index contributed by atoms with van der Waals surface area (Å²) < 4.78 is 11.2. The normalized spacial score (nSPS) is 29.9. The first-order valence-corrected chi connectivity index (χ1v) is 11.6. The van der Waals surface area contributed by atoms with Crippen LogP contribution in [0.15, 0.2) is 48.5 Å². The van der Waals surface area contributed by atoms with Crippen LogP contribution in [0.2, 0.25) is 0 Å². The highest BCUT2D eigenvalue weighted by atomic mass is 16.6. The van der Waals surface area contributed by atoms with Crippen LogP contribution in [0.1, 0.15) is 56.2 Å². The lowest BCUT2D eigenvalue weighted by molar-refractivity contribution is -0.157. The van der Waals surface area contributed by atoms with Crippen molar-refractivity contribution in [2.75, 3.05) is 20.2 Å². The average Bonchev–Trinajstić information content (AvgIpc) is 3.22. The fourth-order valence-electron chi connectivity index (χ4n) is 6.80. The Morgan fingerprint density at radius 2 is 1.85 bits per heavy atom. The van der Waals surface area contributed by atoms with Crippen molar-refractivity contribution in [3.05, 3.63) is 65.2 Å². The van der Waals surface area contributed by atoms with E-state index in [0.29, 0.717) is 6.54 Å². The van der Waals surface area contributed by atoms with Crippen LogP contribution in [0.25, 0.3) is 0 Å². The Bertz CT molecular complexity index is 1110. The maximum atomic E-state index is 13.1. The molecule has 6 heteroatoms. The summed E-state index contributed by atoms with van der Waals surface area (Å²) in [5.74, 6) is -0.501. The van der Waals surface area contributed by atoms with Crippen LogP contribution < -0.4 is 4.74 Å². The Hall–Kier alpha value is -3.02. The summed E-state index contributed by atoms with van der Waals surface area (Å²) in [5, 5.41) is 10.7. The molecule has 6 rings (SSSR count). The molecule has 2 fully saturated rings. The van der Waals surface area contributed by atoms with E-state index in [4.69, 9.17) is 9.47 Å². The first kappa shape index (κ1) is 21.8. The number of hydrogen-bond acceptors (Lipinski definition) is 4. The molecule has 0 radical (unpaired) electrons. The van der Waals surface area contributed by atoms with Gasteiger partial charge in [0.1, 0.15) is 11.4 Å². The minimum atomic E-state index is -1.06. The van der Waals surface area contributed by atoms with E-state index < -0.39 is 28.5 Å². The number of rotatable bonds is 3. The second-order valence-electron chi connectivity index (χ2n) is 10.6. The summed E-state index contributed by atoms with van der Waals surface area (Å²) in [5.41, 5.74) is 1.07. The van der Waals surface area contributed by atoms with Crippen LogP contribution in [-0.4, -0.2) is 47.9 Å². The number of nitrogens with zero attached hydrogens (tertiary/aromatic N) is 1. The summed E-state index contributed by atoms with van der Waals surface area (Å²) in [4.78, 5) is 27.8. The van der Waals surface area contributed by atoms with Gasteiger partial charge in [0, 0.05) is 30.3 Å². The zero-order valence-electron chi connectivity index (χ0n) is 19.6. The van der Waals surface area contributed by atoms with Gasteiger partial charge in [-0.3, -0.25) is 4.79 Å². The van der Waals surface area contributed by atoms with E-state index in [1.54, 1.807) is 12.0 Å². The highest BCUT2D eigenvalue weighted by molar-refractivity contribution is 5.82. The number of carbonyl (C=O) groups is 2. The molecule has 1 saturated carbocycles. The second kappa shape index (κ2) is 7.24. The van der Waals surface area contributed by atoms with Gasteiger partial charge in [0.05, 0.1) is 12.5 Å². The molecule has 2 aromatic carbocycles. The van der Waals surface area contributed by atoms with E-state index in [9.17, 15) is 14.7 Å². The molecule has 1 aliphatic heterocycles. The number of aliphatic carboxylic acids is 1. The largest absolute Gasteiger partial charge is 0.497 e. The fourth-order valence-corrected chi connectivity index (χ4v) is 6.80. The fraction of sp³-hybridized carbons (Fsp3) is 0.481. The Kier molecular flexibility index (Phi) is 4.78.